The fraction of sp³-hybridized carbons (Fsp3) is 0.250. The number of hydrogen-bond donors (Lipinski definition) is 0. The Morgan fingerprint density at radius 3 is 2.69 bits per heavy atom. The Balaban J connectivity index is 3.26. The van der Waals surface area contributed by atoms with Gasteiger partial charge in [0.2, 0.25) is 0 Å². The minimum atomic E-state index is -2.73. The Morgan fingerprint density at radius 1 is 1.62 bits per heavy atom. The molecular formula is C8H6ClF2NO. The predicted octanol–water partition coefficient (Wildman–Crippen LogP) is 2.71. The average Bonchev–Trinajstić information content (AvgIpc) is 2.03. The van der Waals surface area contributed by atoms with Crippen LogP contribution >= 0.6 is 11.6 Å². The highest BCUT2D eigenvalue weighted by atomic mass is 35.5. The van der Waals surface area contributed by atoms with Crippen molar-refractivity contribution in [2.75, 3.05) is 0 Å². The number of alkyl halides is 2. The summed E-state index contributed by atoms with van der Waals surface area (Å²) in [5, 5.41) is -0.963. The van der Waals surface area contributed by atoms with Gasteiger partial charge < -0.3 is 0 Å². The van der Waals surface area contributed by atoms with E-state index in [-0.39, 0.29) is 5.69 Å². The second-order valence-corrected chi connectivity index (χ2v) is 2.87. The monoisotopic (exact) mass is 205 g/mol. The zero-order valence-corrected chi connectivity index (χ0v) is 7.48. The van der Waals surface area contributed by atoms with Gasteiger partial charge in [-0.05, 0) is 30.2 Å². The highest BCUT2D eigenvalue weighted by molar-refractivity contribution is 6.67. The second-order valence-electron chi connectivity index (χ2n) is 2.52. The van der Waals surface area contributed by atoms with Crippen LogP contribution in [0, 0.1) is 6.92 Å². The van der Waals surface area contributed by atoms with Crippen LogP contribution in [0.2, 0.25) is 0 Å². The number of rotatable bonds is 2. The summed E-state index contributed by atoms with van der Waals surface area (Å²) in [7, 11) is 0. The molecule has 0 aromatic carbocycles. The van der Waals surface area contributed by atoms with E-state index >= 15 is 0 Å². The molecule has 0 saturated carbocycles. The Bertz CT molecular complexity index is 341. The van der Waals surface area contributed by atoms with Crippen LogP contribution in [-0.4, -0.2) is 10.2 Å². The smallest absolute Gasteiger partial charge is 0.271 e. The lowest BCUT2D eigenvalue weighted by Gasteiger charge is -2.04. The molecule has 0 spiro atoms. The zero-order chi connectivity index (χ0) is 10.0. The standard InChI is InChI=1S/C8H6ClF2NO/c1-4-2-5(8(10)11)6(7(9)13)12-3-4/h2-3,8H,1H3. The molecule has 0 amide bonds. The van der Waals surface area contributed by atoms with Gasteiger partial charge in [0.05, 0.1) is 0 Å². The first kappa shape index (κ1) is 10.1. The van der Waals surface area contributed by atoms with Crippen molar-refractivity contribution in [3.63, 3.8) is 0 Å². The summed E-state index contributed by atoms with van der Waals surface area (Å²) in [5.41, 5.74) is -0.223. The number of aromatic nitrogens is 1. The summed E-state index contributed by atoms with van der Waals surface area (Å²) in [6.07, 6.45) is -1.41. The van der Waals surface area contributed by atoms with Gasteiger partial charge in [0, 0.05) is 11.8 Å². The zero-order valence-electron chi connectivity index (χ0n) is 6.72. The lowest BCUT2D eigenvalue weighted by molar-refractivity contribution is 0.106. The fourth-order valence-electron chi connectivity index (χ4n) is 0.922. The summed E-state index contributed by atoms with van der Waals surface area (Å²) in [6, 6.07) is 1.20. The molecule has 0 aliphatic heterocycles. The maximum atomic E-state index is 12.3. The van der Waals surface area contributed by atoms with Crippen molar-refractivity contribution in [3.05, 3.63) is 29.1 Å². The maximum Gasteiger partial charge on any atom is 0.271 e. The van der Waals surface area contributed by atoms with Crippen LogP contribution in [0.1, 0.15) is 28.0 Å². The highest BCUT2D eigenvalue weighted by Crippen LogP contribution is 2.23. The van der Waals surface area contributed by atoms with Crippen LogP contribution in [0.5, 0.6) is 0 Å². The number of nitrogens with zero attached hydrogens (tertiary/aromatic N) is 1. The molecule has 70 valence electrons. The predicted molar refractivity (Wildman–Crippen MR) is 44.1 cm³/mol. The van der Waals surface area contributed by atoms with E-state index < -0.39 is 17.2 Å². The van der Waals surface area contributed by atoms with Crippen LogP contribution in [0.15, 0.2) is 12.3 Å². The molecule has 1 heterocycles. The van der Waals surface area contributed by atoms with Gasteiger partial charge >= 0.3 is 0 Å². The molecule has 2 nitrogen and oxygen atoms in total. The summed E-state index contributed by atoms with van der Waals surface area (Å²) < 4.78 is 24.6. The van der Waals surface area contributed by atoms with Gasteiger partial charge in [-0.25, -0.2) is 8.78 Å². The summed E-state index contributed by atoms with van der Waals surface area (Å²) in [6.45, 7) is 1.61. The molecule has 0 unspecified atom stereocenters. The van der Waals surface area contributed by atoms with Gasteiger partial charge in [-0.3, -0.25) is 9.78 Å². The topological polar surface area (TPSA) is 30.0 Å². The number of carbonyl (C=O) groups excluding carboxylic acids is 1. The molecule has 5 heteroatoms. The third-order valence-corrected chi connectivity index (χ3v) is 1.65. The molecule has 1 rings (SSSR count). The summed E-state index contributed by atoms with van der Waals surface area (Å²) in [5.74, 6) is 0. The van der Waals surface area contributed by atoms with Gasteiger partial charge in [0.25, 0.3) is 11.7 Å². The van der Waals surface area contributed by atoms with Crippen LogP contribution in [-0.2, 0) is 0 Å². The van der Waals surface area contributed by atoms with E-state index in [9.17, 15) is 13.6 Å². The largest absolute Gasteiger partial charge is 0.274 e. The van der Waals surface area contributed by atoms with Crippen molar-refractivity contribution < 1.29 is 13.6 Å². The van der Waals surface area contributed by atoms with Crippen LogP contribution < -0.4 is 0 Å². The minimum absolute atomic E-state index is 0.373. The van der Waals surface area contributed by atoms with Crippen molar-refractivity contribution in [1.82, 2.24) is 4.98 Å². The quantitative estimate of drug-likeness (QED) is 0.695. The molecule has 0 N–H and O–H groups in total. The van der Waals surface area contributed by atoms with E-state index in [0.29, 0.717) is 5.56 Å². The molecule has 1 aromatic heterocycles. The van der Waals surface area contributed by atoms with Gasteiger partial charge in [-0.1, -0.05) is 0 Å². The third kappa shape index (κ3) is 2.21. The molecule has 0 bridgehead atoms. The lowest BCUT2D eigenvalue weighted by Crippen LogP contribution is -2.02. The average molecular weight is 206 g/mol. The van der Waals surface area contributed by atoms with Crippen LogP contribution in [0.25, 0.3) is 0 Å². The molecule has 0 fully saturated rings. The van der Waals surface area contributed by atoms with Crippen molar-refractivity contribution in [2.45, 2.75) is 13.3 Å². The molecule has 13 heavy (non-hydrogen) atoms. The maximum absolute atomic E-state index is 12.3. The fourth-order valence-corrected chi connectivity index (χ4v) is 1.08. The van der Waals surface area contributed by atoms with E-state index in [2.05, 4.69) is 4.98 Å². The van der Waals surface area contributed by atoms with E-state index in [4.69, 9.17) is 11.6 Å². The molecular weight excluding hydrogens is 200 g/mol. The first-order valence-corrected chi connectivity index (χ1v) is 3.84. The van der Waals surface area contributed by atoms with Crippen molar-refractivity contribution in [1.29, 1.82) is 0 Å². The second kappa shape index (κ2) is 3.79. The number of halogens is 3. The summed E-state index contributed by atoms with van der Waals surface area (Å²) >= 11 is 5.07. The molecule has 0 atom stereocenters. The molecule has 0 radical (unpaired) electrons. The Hall–Kier alpha value is -1.03. The molecule has 0 aliphatic carbocycles. The van der Waals surface area contributed by atoms with Gasteiger partial charge in [0.15, 0.2) is 0 Å². The number of carbonyl (C=O) groups is 1. The SMILES string of the molecule is Cc1cnc(C(=O)Cl)c(C(F)F)c1. The first-order chi connectivity index (χ1) is 6.02. The lowest BCUT2D eigenvalue weighted by atomic mass is 10.1. The van der Waals surface area contributed by atoms with E-state index in [0.717, 1.165) is 0 Å². The van der Waals surface area contributed by atoms with Crippen molar-refractivity contribution in [2.24, 2.45) is 0 Å². The first-order valence-electron chi connectivity index (χ1n) is 3.47. The van der Waals surface area contributed by atoms with E-state index in [1.807, 2.05) is 0 Å². The Labute approximate surface area is 78.5 Å². The van der Waals surface area contributed by atoms with Crippen LogP contribution in [0.3, 0.4) is 0 Å². The minimum Gasteiger partial charge on any atom is -0.274 e. The van der Waals surface area contributed by atoms with Gasteiger partial charge in [-0.15, -0.1) is 0 Å². The van der Waals surface area contributed by atoms with Gasteiger partial charge in [0.1, 0.15) is 5.69 Å². The summed E-state index contributed by atoms with van der Waals surface area (Å²) in [4.78, 5) is 14.2. The Morgan fingerprint density at radius 2 is 2.23 bits per heavy atom. The van der Waals surface area contributed by atoms with Crippen molar-refractivity contribution in [3.8, 4) is 0 Å². The van der Waals surface area contributed by atoms with E-state index in [1.165, 1.54) is 12.3 Å². The molecule has 0 saturated heterocycles. The van der Waals surface area contributed by atoms with E-state index in [1.54, 1.807) is 6.92 Å². The number of aryl methyl sites for hydroxylation is 1. The number of pyridine rings is 1. The van der Waals surface area contributed by atoms with Crippen LogP contribution in [0.4, 0.5) is 8.78 Å². The Kier molecular flexibility index (Phi) is 2.93. The number of hydrogen-bond acceptors (Lipinski definition) is 2. The molecule has 0 aliphatic rings. The van der Waals surface area contributed by atoms with Gasteiger partial charge in [-0.2, -0.15) is 0 Å². The molecule has 1 aromatic rings. The third-order valence-electron chi connectivity index (χ3n) is 1.48. The highest BCUT2D eigenvalue weighted by Gasteiger charge is 2.18. The van der Waals surface area contributed by atoms with Crippen molar-refractivity contribution >= 4 is 16.8 Å². The normalized spacial score (nSPS) is 10.5.